The van der Waals surface area contributed by atoms with E-state index in [1.165, 1.54) is 0 Å². The largest absolute Gasteiger partial charge is 0.355 e. The van der Waals surface area contributed by atoms with E-state index in [1.54, 1.807) is 11.0 Å². The Labute approximate surface area is 196 Å². The monoisotopic (exact) mass is 455 g/mol. The summed E-state index contributed by atoms with van der Waals surface area (Å²) in [7, 11) is 0. The second kappa shape index (κ2) is 9.96. The number of nitrogens with zero attached hydrogens (tertiary/aromatic N) is 2. The number of ketones is 1. The topological polar surface area (TPSA) is 104 Å². The highest BCUT2D eigenvalue weighted by atomic mass is 16.2. The fourth-order valence-electron chi connectivity index (χ4n) is 3.69. The van der Waals surface area contributed by atoms with Gasteiger partial charge in [0.15, 0.2) is 5.78 Å². The third-order valence-electron chi connectivity index (χ3n) is 5.45. The number of fused-ring (bicyclic) bond motifs is 2. The van der Waals surface area contributed by atoms with Gasteiger partial charge in [0.05, 0.1) is 18.8 Å². The minimum absolute atomic E-state index is 0.000504. The van der Waals surface area contributed by atoms with Crippen LogP contribution in [0.4, 0.5) is 5.69 Å². The van der Waals surface area contributed by atoms with E-state index in [0.29, 0.717) is 11.3 Å². The Hall–Kier alpha value is -4.51. The minimum Gasteiger partial charge on any atom is -0.355 e. The molecule has 0 radical (unpaired) electrons. The lowest BCUT2D eigenvalue weighted by atomic mass is 10.0. The normalized spacial score (nSPS) is 13.9. The predicted octanol–water partition coefficient (Wildman–Crippen LogP) is 1.32. The summed E-state index contributed by atoms with van der Waals surface area (Å²) < 4.78 is 0. The molecule has 0 fully saturated rings. The van der Waals surface area contributed by atoms with Crippen molar-refractivity contribution in [1.82, 2.24) is 10.2 Å². The van der Waals surface area contributed by atoms with Gasteiger partial charge in [-0.3, -0.25) is 28.9 Å². The number of carbonyl (C=O) groups is 5. The molecule has 4 amide bonds. The lowest BCUT2D eigenvalue weighted by Gasteiger charge is -2.25. The van der Waals surface area contributed by atoms with E-state index < -0.39 is 30.0 Å². The van der Waals surface area contributed by atoms with E-state index in [1.807, 2.05) is 42.5 Å². The molecule has 1 N–H and O–H groups in total. The molecule has 4 rings (SSSR count). The van der Waals surface area contributed by atoms with Crippen LogP contribution in [-0.2, 0) is 30.5 Å². The van der Waals surface area contributed by atoms with Gasteiger partial charge in [-0.25, -0.2) is 0 Å². The van der Waals surface area contributed by atoms with Crippen molar-refractivity contribution in [1.29, 1.82) is 0 Å². The second-order valence-electron chi connectivity index (χ2n) is 7.82. The maximum atomic E-state index is 13.1. The zero-order chi connectivity index (χ0) is 24.1. The molecular formula is C26H21N3O5. The first-order chi connectivity index (χ1) is 16.4. The first-order valence-electron chi connectivity index (χ1n) is 10.7. The SMILES string of the molecule is O=C(CCNC(=O)CC(=O)N1Cc2ccccc2C#Cc2ccccc21)CN1C(=O)C=CC1=O. The Bertz CT molecular complexity index is 1270. The molecule has 0 bridgehead atoms. The number of nitrogens with one attached hydrogen (secondary N) is 1. The van der Waals surface area contributed by atoms with Gasteiger partial charge >= 0.3 is 0 Å². The quantitative estimate of drug-likeness (QED) is 0.385. The summed E-state index contributed by atoms with van der Waals surface area (Å²) in [5, 5.41) is 2.56. The summed E-state index contributed by atoms with van der Waals surface area (Å²) in [6.07, 6.45) is 1.75. The van der Waals surface area contributed by atoms with Gasteiger partial charge in [-0.05, 0) is 23.8 Å². The number of para-hydroxylation sites is 1. The lowest BCUT2D eigenvalue weighted by Crippen LogP contribution is -2.38. The van der Waals surface area contributed by atoms with Crippen LogP contribution in [0.25, 0.3) is 0 Å². The molecule has 0 aliphatic carbocycles. The lowest BCUT2D eigenvalue weighted by molar-refractivity contribution is -0.140. The van der Waals surface area contributed by atoms with Crippen LogP contribution in [0.15, 0.2) is 60.7 Å². The van der Waals surface area contributed by atoms with Crippen LogP contribution < -0.4 is 10.2 Å². The molecule has 2 aromatic rings. The minimum atomic E-state index is -0.534. The second-order valence-corrected chi connectivity index (χ2v) is 7.82. The first kappa shape index (κ1) is 22.7. The first-order valence-corrected chi connectivity index (χ1v) is 10.7. The molecule has 2 aromatic carbocycles. The van der Waals surface area contributed by atoms with Crippen LogP contribution in [0.5, 0.6) is 0 Å². The number of hydrogen-bond acceptors (Lipinski definition) is 5. The molecule has 2 aliphatic rings. The third-order valence-corrected chi connectivity index (χ3v) is 5.45. The molecule has 8 nitrogen and oxygen atoms in total. The molecule has 0 saturated heterocycles. The average molecular weight is 455 g/mol. The summed E-state index contributed by atoms with van der Waals surface area (Å²) in [4.78, 5) is 63.0. The molecule has 2 heterocycles. The van der Waals surface area contributed by atoms with Gasteiger partial charge in [-0.2, -0.15) is 0 Å². The maximum Gasteiger partial charge on any atom is 0.254 e. The molecule has 0 unspecified atom stereocenters. The summed E-state index contributed by atoms with van der Waals surface area (Å²) in [6.45, 7) is -0.0671. The van der Waals surface area contributed by atoms with Crippen molar-refractivity contribution in [2.24, 2.45) is 0 Å². The Balaban J connectivity index is 1.36. The fourth-order valence-corrected chi connectivity index (χ4v) is 3.69. The van der Waals surface area contributed by atoms with Crippen LogP contribution in [0.3, 0.4) is 0 Å². The molecule has 8 heteroatoms. The highest BCUT2D eigenvalue weighted by molar-refractivity contribution is 6.14. The van der Waals surface area contributed by atoms with E-state index in [2.05, 4.69) is 17.2 Å². The number of imide groups is 1. The summed E-state index contributed by atoms with van der Waals surface area (Å²) in [5.41, 5.74) is 3.02. The van der Waals surface area contributed by atoms with E-state index in [0.717, 1.165) is 28.2 Å². The number of amides is 4. The van der Waals surface area contributed by atoms with Crippen molar-refractivity contribution >= 4 is 35.1 Å². The van der Waals surface area contributed by atoms with Crippen molar-refractivity contribution < 1.29 is 24.0 Å². The molecule has 0 spiro atoms. The molecule has 0 atom stereocenters. The summed E-state index contributed by atoms with van der Waals surface area (Å²) in [6, 6.07) is 14.8. The van der Waals surface area contributed by atoms with Crippen LogP contribution in [0.2, 0.25) is 0 Å². The fraction of sp³-hybridized carbons (Fsp3) is 0.192. The Morgan fingerprint density at radius 3 is 2.29 bits per heavy atom. The molecule has 0 aromatic heterocycles. The number of Topliss-reactive ketones (excluding diaryl/α,β-unsaturated/α-hetero) is 1. The zero-order valence-corrected chi connectivity index (χ0v) is 18.2. The van der Waals surface area contributed by atoms with Crippen molar-refractivity contribution in [3.05, 3.63) is 77.4 Å². The highest BCUT2D eigenvalue weighted by Crippen LogP contribution is 2.25. The van der Waals surface area contributed by atoms with Gasteiger partial charge in [-0.1, -0.05) is 42.2 Å². The number of benzene rings is 2. The van der Waals surface area contributed by atoms with E-state index in [4.69, 9.17) is 0 Å². The van der Waals surface area contributed by atoms with E-state index >= 15 is 0 Å². The molecule has 34 heavy (non-hydrogen) atoms. The molecule has 170 valence electrons. The van der Waals surface area contributed by atoms with Crippen LogP contribution in [0, 0.1) is 11.8 Å². The zero-order valence-electron chi connectivity index (χ0n) is 18.2. The Morgan fingerprint density at radius 2 is 1.53 bits per heavy atom. The third kappa shape index (κ3) is 5.10. The maximum absolute atomic E-state index is 13.1. The summed E-state index contributed by atoms with van der Waals surface area (Å²) in [5.74, 6) is 3.89. The molecule has 0 saturated carbocycles. The van der Waals surface area contributed by atoms with Crippen molar-refractivity contribution in [2.45, 2.75) is 19.4 Å². The van der Waals surface area contributed by atoms with Gasteiger partial charge in [0.2, 0.25) is 11.8 Å². The van der Waals surface area contributed by atoms with Gasteiger partial charge in [0.1, 0.15) is 6.42 Å². The number of anilines is 1. The van der Waals surface area contributed by atoms with Gasteiger partial charge in [0.25, 0.3) is 11.8 Å². The van der Waals surface area contributed by atoms with Crippen LogP contribution in [0.1, 0.15) is 29.5 Å². The number of hydrogen-bond donors (Lipinski definition) is 1. The van der Waals surface area contributed by atoms with Crippen LogP contribution >= 0.6 is 0 Å². The average Bonchev–Trinajstić information content (AvgIpc) is 3.12. The number of rotatable bonds is 7. The Kier molecular flexibility index (Phi) is 6.64. The highest BCUT2D eigenvalue weighted by Gasteiger charge is 2.26. The van der Waals surface area contributed by atoms with Gasteiger partial charge < -0.3 is 10.2 Å². The molecular weight excluding hydrogens is 434 g/mol. The Morgan fingerprint density at radius 1 is 0.882 bits per heavy atom. The van der Waals surface area contributed by atoms with E-state index in [-0.39, 0.29) is 31.8 Å². The molecule has 2 aliphatic heterocycles. The predicted molar refractivity (Wildman–Crippen MR) is 123 cm³/mol. The van der Waals surface area contributed by atoms with E-state index in [9.17, 15) is 24.0 Å². The van der Waals surface area contributed by atoms with Crippen molar-refractivity contribution in [3.8, 4) is 11.8 Å². The smallest absolute Gasteiger partial charge is 0.254 e. The van der Waals surface area contributed by atoms with Crippen molar-refractivity contribution in [3.63, 3.8) is 0 Å². The van der Waals surface area contributed by atoms with Gasteiger partial charge in [0, 0.05) is 36.2 Å². The van der Waals surface area contributed by atoms with Crippen molar-refractivity contribution in [2.75, 3.05) is 18.0 Å². The standard InChI is InChI=1S/C26H21N3O5/c30-21(17-29-24(32)11-12-25(29)33)13-14-27-23(31)15-26(34)28-16-20-7-2-1-5-18(20)9-10-19-6-3-4-8-22(19)28/h1-8,11-12H,13-17H2,(H,27,31). The van der Waals surface area contributed by atoms with Crippen LogP contribution in [-0.4, -0.2) is 47.4 Å². The van der Waals surface area contributed by atoms with Gasteiger partial charge in [-0.15, -0.1) is 0 Å². The number of carbonyl (C=O) groups excluding carboxylic acids is 5. The summed E-state index contributed by atoms with van der Waals surface area (Å²) >= 11 is 0.